The van der Waals surface area contributed by atoms with Gasteiger partial charge < -0.3 is 15.3 Å². The van der Waals surface area contributed by atoms with Gasteiger partial charge in [0.25, 0.3) is 0 Å². The van der Waals surface area contributed by atoms with Crippen molar-refractivity contribution < 1.29 is 0 Å². The number of fused-ring (bicyclic) bond motifs is 3. The quantitative estimate of drug-likeness (QED) is 0.155. The molecule has 5 aromatic rings. The molecule has 0 unspecified atom stereocenters. The van der Waals surface area contributed by atoms with E-state index >= 15 is 0 Å². The van der Waals surface area contributed by atoms with Crippen LogP contribution in [0.15, 0.2) is 35.8 Å². The highest BCUT2D eigenvalue weighted by molar-refractivity contribution is 6.34. The summed E-state index contributed by atoms with van der Waals surface area (Å²) in [5, 5.41) is 6.14. The Morgan fingerprint density at radius 2 is 1.35 bits per heavy atom. The fourth-order valence-electron chi connectivity index (χ4n) is 5.98. The second kappa shape index (κ2) is 12.8. The smallest absolute Gasteiger partial charge is 0.143 e. The van der Waals surface area contributed by atoms with Crippen molar-refractivity contribution in [2.75, 3.05) is 5.32 Å². The molecule has 5 heterocycles. The van der Waals surface area contributed by atoms with Gasteiger partial charge in [0.05, 0.1) is 17.3 Å². The van der Waals surface area contributed by atoms with Crippen LogP contribution < -0.4 is 5.32 Å². The summed E-state index contributed by atoms with van der Waals surface area (Å²) >= 11 is 6.19. The fraction of sp³-hybridized carbons (Fsp3) is 0.441. The number of aromatic nitrogens is 6. The van der Waals surface area contributed by atoms with Crippen LogP contribution in [0.3, 0.4) is 0 Å². The number of anilines is 2. The maximum Gasteiger partial charge on any atom is 0.143 e. The molecule has 0 radical (unpaired) electrons. The molecule has 1 aromatic carbocycles. The summed E-state index contributed by atoms with van der Waals surface area (Å²) in [7, 11) is 0. The third-order valence-electron chi connectivity index (χ3n) is 7.66. The fourth-order valence-corrected chi connectivity index (χ4v) is 6.21. The SMILES string of the molecule is CC(C)Cc1[nH]c2ncnc(Cl)c2c1C(C)C.CC(C)Cc1[nH]c2ncnc(Nc3ccc4c(c3)C=NC4)c2c1C(C)C. The Morgan fingerprint density at radius 1 is 0.767 bits per heavy atom. The van der Waals surface area contributed by atoms with Crippen molar-refractivity contribution in [2.24, 2.45) is 16.8 Å². The van der Waals surface area contributed by atoms with Gasteiger partial charge in [-0.3, -0.25) is 4.99 Å². The number of aliphatic imine (C=N–C) groups is 1. The van der Waals surface area contributed by atoms with Crippen molar-refractivity contribution in [3.8, 4) is 0 Å². The maximum atomic E-state index is 6.19. The summed E-state index contributed by atoms with van der Waals surface area (Å²) in [6.45, 7) is 18.5. The lowest BCUT2D eigenvalue weighted by Crippen LogP contribution is -2.01. The van der Waals surface area contributed by atoms with Crippen LogP contribution in [0.4, 0.5) is 11.5 Å². The number of aromatic amines is 2. The highest BCUT2D eigenvalue weighted by Gasteiger charge is 2.21. The molecule has 0 spiro atoms. The minimum absolute atomic E-state index is 0.399. The van der Waals surface area contributed by atoms with E-state index in [1.165, 1.54) is 40.0 Å². The number of nitrogens with zero attached hydrogens (tertiary/aromatic N) is 5. The first-order chi connectivity index (χ1) is 20.5. The highest BCUT2D eigenvalue weighted by atomic mass is 35.5. The van der Waals surface area contributed by atoms with Gasteiger partial charge in [-0.15, -0.1) is 0 Å². The van der Waals surface area contributed by atoms with Gasteiger partial charge in [-0.25, -0.2) is 19.9 Å². The Labute approximate surface area is 259 Å². The number of nitrogens with one attached hydrogen (secondary N) is 3. The van der Waals surface area contributed by atoms with Gasteiger partial charge in [0, 0.05) is 23.3 Å². The largest absolute Gasteiger partial charge is 0.343 e. The van der Waals surface area contributed by atoms with Crippen molar-refractivity contribution in [2.45, 2.75) is 86.6 Å². The molecule has 6 rings (SSSR count). The number of hydrogen-bond acceptors (Lipinski definition) is 6. The number of H-pyrrole nitrogens is 2. The summed E-state index contributed by atoms with van der Waals surface area (Å²) in [5.41, 5.74) is 10.3. The average molecular weight is 599 g/mol. The topological polar surface area (TPSA) is 108 Å². The second-order valence-electron chi connectivity index (χ2n) is 12.9. The molecule has 4 aromatic heterocycles. The zero-order chi connectivity index (χ0) is 30.8. The van der Waals surface area contributed by atoms with Gasteiger partial charge in [-0.05, 0) is 70.9 Å². The van der Waals surface area contributed by atoms with E-state index in [1.807, 2.05) is 6.21 Å². The molecule has 0 saturated carbocycles. The summed E-state index contributed by atoms with van der Waals surface area (Å²) < 4.78 is 0. The van der Waals surface area contributed by atoms with Gasteiger partial charge in [-0.2, -0.15) is 0 Å². The molecule has 3 N–H and O–H groups in total. The third-order valence-corrected chi connectivity index (χ3v) is 7.94. The first-order valence-corrected chi connectivity index (χ1v) is 15.7. The molecule has 43 heavy (non-hydrogen) atoms. The molecule has 8 nitrogen and oxygen atoms in total. The molecule has 226 valence electrons. The minimum Gasteiger partial charge on any atom is -0.343 e. The maximum absolute atomic E-state index is 6.19. The van der Waals surface area contributed by atoms with Crippen LogP contribution in [-0.2, 0) is 19.4 Å². The molecule has 0 bridgehead atoms. The lowest BCUT2D eigenvalue weighted by Gasteiger charge is -2.13. The van der Waals surface area contributed by atoms with Crippen LogP contribution in [0, 0.1) is 11.8 Å². The molecular weight excluding hydrogens is 556 g/mol. The summed E-state index contributed by atoms with van der Waals surface area (Å²) in [4.78, 5) is 28.6. The normalized spacial score (nSPS) is 12.7. The summed E-state index contributed by atoms with van der Waals surface area (Å²) in [6, 6.07) is 6.36. The van der Waals surface area contributed by atoms with Crippen molar-refractivity contribution in [3.63, 3.8) is 0 Å². The second-order valence-corrected chi connectivity index (χ2v) is 13.2. The van der Waals surface area contributed by atoms with Crippen LogP contribution in [0.1, 0.15) is 101 Å². The molecule has 0 fully saturated rings. The summed E-state index contributed by atoms with van der Waals surface area (Å²) in [6.07, 6.45) is 7.09. The van der Waals surface area contributed by atoms with Crippen LogP contribution in [0.25, 0.3) is 22.1 Å². The van der Waals surface area contributed by atoms with E-state index in [1.54, 1.807) is 6.33 Å². The number of benzene rings is 1. The number of rotatable bonds is 8. The first-order valence-electron chi connectivity index (χ1n) is 15.3. The molecular formula is C34H43ClN8. The number of halogens is 1. The Hall–Kier alpha value is -3.78. The van der Waals surface area contributed by atoms with E-state index in [0.717, 1.165) is 53.0 Å². The molecule has 1 aliphatic rings. The van der Waals surface area contributed by atoms with Crippen molar-refractivity contribution in [1.29, 1.82) is 0 Å². The first kappa shape index (κ1) is 30.7. The van der Waals surface area contributed by atoms with Crippen molar-refractivity contribution in [3.05, 3.63) is 69.6 Å². The van der Waals surface area contributed by atoms with Gasteiger partial charge in [0.1, 0.15) is 34.9 Å². The average Bonchev–Trinajstić information content (AvgIpc) is 3.63. The predicted molar refractivity (Wildman–Crippen MR) is 179 cm³/mol. The zero-order valence-corrected chi connectivity index (χ0v) is 27.3. The Bertz CT molecular complexity index is 1760. The third kappa shape index (κ3) is 6.59. The van der Waals surface area contributed by atoms with Gasteiger partial charge in [-0.1, -0.05) is 73.1 Å². The molecule has 0 atom stereocenters. The zero-order valence-electron chi connectivity index (χ0n) is 26.5. The number of hydrogen-bond donors (Lipinski definition) is 3. The Kier molecular flexibility index (Phi) is 9.16. The van der Waals surface area contributed by atoms with E-state index in [9.17, 15) is 0 Å². The summed E-state index contributed by atoms with van der Waals surface area (Å²) in [5.74, 6) is 2.87. The van der Waals surface area contributed by atoms with Crippen LogP contribution in [-0.4, -0.2) is 36.1 Å². The molecule has 0 aliphatic carbocycles. The molecule has 9 heteroatoms. The van der Waals surface area contributed by atoms with E-state index in [0.29, 0.717) is 28.8 Å². The predicted octanol–water partition coefficient (Wildman–Crippen LogP) is 8.89. The van der Waals surface area contributed by atoms with Crippen molar-refractivity contribution in [1.82, 2.24) is 29.9 Å². The lowest BCUT2D eigenvalue weighted by molar-refractivity contribution is 0.630. The van der Waals surface area contributed by atoms with E-state index in [2.05, 4.69) is 114 Å². The lowest BCUT2D eigenvalue weighted by atomic mass is 9.96. The van der Waals surface area contributed by atoms with Crippen LogP contribution >= 0.6 is 11.6 Å². The monoisotopic (exact) mass is 598 g/mol. The highest BCUT2D eigenvalue weighted by Crippen LogP contribution is 2.35. The molecule has 0 amide bonds. The van der Waals surface area contributed by atoms with E-state index in [-0.39, 0.29) is 0 Å². The standard InChI is InChI=1S/C21H25N5.C13H18ClN3/c1-12(2)7-17-18(13(3)4)19-20(23-11-24-21(19)26-17)25-16-6-5-14-9-22-10-15(14)8-16;1-7(2)5-9-10(8(3)4)11-12(14)15-6-16-13(11)17-9/h5-6,8,10-13H,7,9H2,1-4H3,(H2,23,24,25,26);6-8H,5H2,1-4H3,(H,15,16,17). The van der Waals surface area contributed by atoms with E-state index < -0.39 is 0 Å². The van der Waals surface area contributed by atoms with Gasteiger partial charge in [0.15, 0.2) is 0 Å². The van der Waals surface area contributed by atoms with Crippen LogP contribution in [0.5, 0.6) is 0 Å². The van der Waals surface area contributed by atoms with Crippen LogP contribution in [0.2, 0.25) is 5.15 Å². The molecule has 1 aliphatic heterocycles. The Balaban J connectivity index is 0.000000188. The van der Waals surface area contributed by atoms with Crippen molar-refractivity contribution >= 4 is 51.4 Å². The van der Waals surface area contributed by atoms with Gasteiger partial charge >= 0.3 is 0 Å². The molecule has 0 saturated heterocycles. The van der Waals surface area contributed by atoms with Gasteiger partial charge in [0.2, 0.25) is 0 Å². The minimum atomic E-state index is 0.399. The Morgan fingerprint density at radius 3 is 1.95 bits per heavy atom. The van der Waals surface area contributed by atoms with E-state index in [4.69, 9.17) is 11.6 Å².